The Bertz CT molecular complexity index is 1210. The van der Waals surface area contributed by atoms with Crippen molar-refractivity contribution in [3.8, 4) is 17.2 Å². The van der Waals surface area contributed by atoms with E-state index in [-0.39, 0.29) is 0 Å². The zero-order chi connectivity index (χ0) is 21.8. The van der Waals surface area contributed by atoms with Crippen molar-refractivity contribution in [2.45, 2.75) is 19.1 Å². The van der Waals surface area contributed by atoms with E-state index in [1.54, 1.807) is 24.5 Å². The van der Waals surface area contributed by atoms with Crippen molar-refractivity contribution in [3.05, 3.63) is 113 Å². The van der Waals surface area contributed by atoms with Crippen LogP contribution in [0.4, 0.5) is 13.2 Å². The molecule has 0 fully saturated rings. The quantitative estimate of drug-likeness (QED) is 0.395. The highest BCUT2D eigenvalue weighted by Crippen LogP contribution is 2.32. The Morgan fingerprint density at radius 3 is 2.26 bits per heavy atom. The Labute approximate surface area is 178 Å². The van der Waals surface area contributed by atoms with Crippen LogP contribution in [0.15, 0.2) is 85.3 Å². The summed E-state index contributed by atoms with van der Waals surface area (Å²) in [5.74, 6) is 0. The minimum atomic E-state index is -4.36. The maximum atomic E-state index is 13.0. The molecule has 0 bridgehead atoms. The second kappa shape index (κ2) is 8.49. The van der Waals surface area contributed by atoms with Crippen LogP contribution < -0.4 is 0 Å². The molecule has 0 radical (unpaired) electrons. The van der Waals surface area contributed by atoms with Crippen molar-refractivity contribution >= 4 is 0 Å². The van der Waals surface area contributed by atoms with Crippen LogP contribution in [-0.2, 0) is 19.1 Å². The Balaban J connectivity index is 1.49. The fourth-order valence-electron chi connectivity index (χ4n) is 3.42. The molecule has 0 saturated carbocycles. The Morgan fingerprint density at radius 2 is 1.58 bits per heavy atom. The number of nitrogens with zero attached hydrogens (tertiary/aromatic N) is 3. The van der Waals surface area contributed by atoms with E-state index < -0.39 is 11.7 Å². The fourth-order valence-corrected chi connectivity index (χ4v) is 3.42. The number of aromatic nitrogens is 2. The molecule has 3 aromatic carbocycles. The Kier molecular flexibility index (Phi) is 5.59. The SMILES string of the molecule is N#Cc1ccc(Cc2cncn2Cc2ccc(-c3cccc(C(F)(F)F)c3)cc2)cc1. The molecule has 0 atom stereocenters. The molecular formula is C25H18F3N3. The van der Waals surface area contributed by atoms with Crippen LogP contribution in [0.3, 0.4) is 0 Å². The van der Waals surface area contributed by atoms with Crippen LogP contribution in [0.1, 0.15) is 27.9 Å². The molecule has 0 N–H and O–H groups in total. The zero-order valence-corrected chi connectivity index (χ0v) is 16.5. The summed E-state index contributed by atoms with van der Waals surface area (Å²) in [6.45, 7) is 0.606. The van der Waals surface area contributed by atoms with Gasteiger partial charge in [-0.3, -0.25) is 0 Å². The first-order chi connectivity index (χ1) is 14.9. The van der Waals surface area contributed by atoms with E-state index in [0.717, 1.165) is 28.5 Å². The molecule has 4 rings (SSSR count). The van der Waals surface area contributed by atoms with E-state index in [9.17, 15) is 13.2 Å². The van der Waals surface area contributed by atoms with Gasteiger partial charge in [0.1, 0.15) is 0 Å². The van der Waals surface area contributed by atoms with E-state index in [4.69, 9.17) is 5.26 Å². The molecule has 0 amide bonds. The van der Waals surface area contributed by atoms with Crippen molar-refractivity contribution in [2.75, 3.05) is 0 Å². The highest BCUT2D eigenvalue weighted by Gasteiger charge is 2.30. The predicted octanol–water partition coefficient (Wildman–Crippen LogP) is 6.08. The summed E-state index contributed by atoms with van der Waals surface area (Å²) in [6, 6.07) is 22.4. The smallest absolute Gasteiger partial charge is 0.330 e. The van der Waals surface area contributed by atoms with Crippen LogP contribution in [0.5, 0.6) is 0 Å². The molecule has 0 unspecified atom stereocenters. The van der Waals surface area contributed by atoms with E-state index in [2.05, 4.69) is 11.1 Å². The third-order valence-corrected chi connectivity index (χ3v) is 5.10. The average Bonchev–Trinajstić information content (AvgIpc) is 3.21. The maximum absolute atomic E-state index is 13.0. The molecule has 1 aromatic heterocycles. The molecule has 0 aliphatic carbocycles. The minimum absolute atomic E-state index is 0.533. The minimum Gasteiger partial charge on any atom is -0.330 e. The number of halogens is 3. The molecule has 154 valence electrons. The van der Waals surface area contributed by atoms with Gasteiger partial charge >= 0.3 is 6.18 Å². The first-order valence-electron chi connectivity index (χ1n) is 9.67. The topological polar surface area (TPSA) is 41.6 Å². The number of alkyl halides is 3. The first-order valence-corrected chi connectivity index (χ1v) is 9.67. The number of hydrogen-bond acceptors (Lipinski definition) is 2. The van der Waals surface area contributed by atoms with E-state index in [0.29, 0.717) is 24.1 Å². The lowest BCUT2D eigenvalue weighted by molar-refractivity contribution is -0.137. The Morgan fingerprint density at radius 1 is 0.871 bits per heavy atom. The van der Waals surface area contributed by atoms with Crippen LogP contribution in [0.2, 0.25) is 0 Å². The van der Waals surface area contributed by atoms with Gasteiger partial charge in [-0.2, -0.15) is 18.4 Å². The van der Waals surface area contributed by atoms with Gasteiger partial charge in [0.2, 0.25) is 0 Å². The Hall–Kier alpha value is -3.85. The average molecular weight is 417 g/mol. The summed E-state index contributed by atoms with van der Waals surface area (Å²) < 4.78 is 40.9. The molecule has 4 aromatic rings. The van der Waals surface area contributed by atoms with Gasteiger partial charge in [-0.05, 0) is 46.5 Å². The first kappa shape index (κ1) is 20.4. The molecular weight excluding hydrogens is 399 g/mol. The molecule has 3 nitrogen and oxygen atoms in total. The van der Waals surface area contributed by atoms with Gasteiger partial charge in [0, 0.05) is 24.9 Å². The van der Waals surface area contributed by atoms with Crippen LogP contribution in [0, 0.1) is 11.3 Å². The summed E-state index contributed by atoms with van der Waals surface area (Å²) in [5.41, 5.74) is 4.38. The summed E-state index contributed by atoms with van der Waals surface area (Å²) in [5, 5.41) is 8.92. The number of nitriles is 1. The lowest BCUT2D eigenvalue weighted by Gasteiger charge is -2.11. The number of rotatable bonds is 5. The highest BCUT2D eigenvalue weighted by atomic mass is 19.4. The summed E-state index contributed by atoms with van der Waals surface area (Å²) >= 11 is 0. The number of benzene rings is 3. The summed E-state index contributed by atoms with van der Waals surface area (Å²) in [6.07, 6.45) is -0.0916. The fraction of sp³-hybridized carbons (Fsp3) is 0.120. The number of hydrogen-bond donors (Lipinski definition) is 0. The summed E-state index contributed by atoms with van der Waals surface area (Å²) in [7, 11) is 0. The second-order valence-electron chi connectivity index (χ2n) is 7.27. The van der Waals surface area contributed by atoms with Gasteiger partial charge in [-0.1, -0.05) is 48.5 Å². The van der Waals surface area contributed by atoms with Crippen LogP contribution in [-0.4, -0.2) is 9.55 Å². The molecule has 0 spiro atoms. The predicted molar refractivity (Wildman–Crippen MR) is 112 cm³/mol. The standard InChI is InChI=1S/C25H18F3N3/c26-25(27,28)23-3-1-2-22(13-23)21-10-8-20(9-11-21)16-31-17-30-15-24(31)12-18-4-6-19(14-29)7-5-18/h1-11,13,15,17H,12,16H2. The van der Waals surface area contributed by atoms with Crippen LogP contribution in [0.25, 0.3) is 11.1 Å². The maximum Gasteiger partial charge on any atom is 0.416 e. The van der Waals surface area contributed by atoms with Crippen molar-refractivity contribution in [1.82, 2.24) is 9.55 Å². The third kappa shape index (κ3) is 4.84. The van der Waals surface area contributed by atoms with Gasteiger partial charge in [-0.25, -0.2) is 4.98 Å². The van der Waals surface area contributed by atoms with Gasteiger partial charge in [0.25, 0.3) is 0 Å². The molecule has 0 aliphatic heterocycles. The van der Waals surface area contributed by atoms with Crippen molar-refractivity contribution in [1.29, 1.82) is 5.26 Å². The van der Waals surface area contributed by atoms with E-state index in [1.165, 1.54) is 12.1 Å². The molecule has 0 saturated heterocycles. The van der Waals surface area contributed by atoms with Gasteiger partial charge in [-0.15, -0.1) is 0 Å². The lowest BCUT2D eigenvalue weighted by Crippen LogP contribution is -2.05. The molecule has 0 aliphatic rings. The second-order valence-corrected chi connectivity index (χ2v) is 7.27. The van der Waals surface area contributed by atoms with Gasteiger partial charge < -0.3 is 4.57 Å². The summed E-state index contributed by atoms with van der Waals surface area (Å²) in [4.78, 5) is 4.25. The van der Waals surface area contributed by atoms with Crippen molar-refractivity contribution in [3.63, 3.8) is 0 Å². The molecule has 1 heterocycles. The molecule has 6 heteroatoms. The lowest BCUT2D eigenvalue weighted by atomic mass is 10.0. The monoisotopic (exact) mass is 417 g/mol. The normalized spacial score (nSPS) is 11.3. The van der Waals surface area contributed by atoms with Crippen LogP contribution >= 0.6 is 0 Å². The zero-order valence-electron chi connectivity index (χ0n) is 16.5. The van der Waals surface area contributed by atoms with Crippen molar-refractivity contribution < 1.29 is 13.2 Å². The third-order valence-electron chi connectivity index (χ3n) is 5.10. The van der Waals surface area contributed by atoms with Gasteiger partial charge in [0.05, 0.1) is 23.5 Å². The van der Waals surface area contributed by atoms with E-state index in [1.807, 2.05) is 47.2 Å². The highest BCUT2D eigenvalue weighted by molar-refractivity contribution is 5.64. The largest absolute Gasteiger partial charge is 0.416 e. The van der Waals surface area contributed by atoms with E-state index >= 15 is 0 Å². The van der Waals surface area contributed by atoms with Crippen molar-refractivity contribution in [2.24, 2.45) is 0 Å². The van der Waals surface area contributed by atoms with Gasteiger partial charge in [0.15, 0.2) is 0 Å². The molecule has 31 heavy (non-hydrogen) atoms. The number of imidazole rings is 1.